The molecule has 6 nitrogen and oxygen atoms in total. The second kappa shape index (κ2) is 8.79. The van der Waals surface area contributed by atoms with Crippen LogP contribution in [0.1, 0.15) is 48.6 Å². The van der Waals surface area contributed by atoms with Crippen LogP contribution in [-0.2, 0) is 22.6 Å². The number of amides is 2. The Morgan fingerprint density at radius 1 is 1.10 bits per heavy atom. The van der Waals surface area contributed by atoms with Gasteiger partial charge < -0.3 is 21.1 Å². The Kier molecular flexibility index (Phi) is 6.96. The minimum Gasteiger partial charge on any atom is -0.507 e. The van der Waals surface area contributed by atoms with Crippen LogP contribution >= 0.6 is 12.4 Å². The maximum atomic E-state index is 13.4. The Morgan fingerprint density at radius 2 is 1.74 bits per heavy atom. The van der Waals surface area contributed by atoms with Gasteiger partial charge in [-0.2, -0.15) is 0 Å². The van der Waals surface area contributed by atoms with Gasteiger partial charge in [-0.25, -0.2) is 0 Å². The smallest absolute Gasteiger partial charge is 0.247 e. The number of phenols is 1. The standard InChI is InChI=1S/C24H31N3O3.ClH/c1-13-9-19(14(2)15(3)21(13)28)26-22(29)20-11-16-7-8-18(25)10-17(16)12-27(20)23(30)24(4,5)6;/h7-10,20,28H,11-12,25H2,1-6H3,(H,26,29);1H/t20-;/m0./s1. The molecule has 0 fully saturated rings. The molecule has 7 heteroatoms. The Bertz CT molecular complexity index is 1030. The van der Waals surface area contributed by atoms with Crippen molar-refractivity contribution in [2.24, 2.45) is 5.41 Å². The molecule has 31 heavy (non-hydrogen) atoms. The minimum absolute atomic E-state index is 0. The van der Waals surface area contributed by atoms with Gasteiger partial charge in [-0.1, -0.05) is 26.8 Å². The van der Waals surface area contributed by atoms with E-state index in [4.69, 9.17) is 5.73 Å². The Hall–Kier alpha value is -2.73. The van der Waals surface area contributed by atoms with E-state index in [2.05, 4.69) is 5.32 Å². The number of aromatic hydroxyl groups is 1. The lowest BCUT2D eigenvalue weighted by atomic mass is 9.88. The number of benzene rings is 2. The largest absolute Gasteiger partial charge is 0.507 e. The first-order valence-corrected chi connectivity index (χ1v) is 10.2. The summed E-state index contributed by atoms with van der Waals surface area (Å²) in [6, 6.07) is 6.78. The molecule has 0 aliphatic carbocycles. The molecule has 4 N–H and O–H groups in total. The minimum atomic E-state index is -0.623. The summed E-state index contributed by atoms with van der Waals surface area (Å²) < 4.78 is 0. The number of nitrogens with two attached hydrogens (primary N) is 1. The van der Waals surface area contributed by atoms with Crippen LogP contribution in [0.5, 0.6) is 5.75 Å². The topological polar surface area (TPSA) is 95.7 Å². The molecule has 2 aromatic rings. The van der Waals surface area contributed by atoms with E-state index in [1.165, 1.54) is 0 Å². The molecule has 3 rings (SSSR count). The van der Waals surface area contributed by atoms with Crippen LogP contribution in [0.15, 0.2) is 24.3 Å². The zero-order valence-corrected chi connectivity index (χ0v) is 19.8. The van der Waals surface area contributed by atoms with Crippen molar-refractivity contribution in [2.45, 2.75) is 60.5 Å². The molecular formula is C24H32ClN3O3. The van der Waals surface area contributed by atoms with E-state index in [1.54, 1.807) is 17.9 Å². The summed E-state index contributed by atoms with van der Waals surface area (Å²) >= 11 is 0. The van der Waals surface area contributed by atoms with Crippen molar-refractivity contribution in [3.05, 3.63) is 52.1 Å². The predicted molar refractivity (Wildman–Crippen MR) is 127 cm³/mol. The fourth-order valence-electron chi connectivity index (χ4n) is 3.90. The second-order valence-corrected chi connectivity index (χ2v) is 9.26. The highest BCUT2D eigenvalue weighted by Crippen LogP contribution is 2.33. The molecule has 2 amide bonds. The first-order chi connectivity index (χ1) is 13.9. The molecule has 0 unspecified atom stereocenters. The SMILES string of the molecule is Cc1cc(NC(=O)[C@@H]2Cc3ccc(N)cc3CN2C(=O)C(C)(C)C)c(C)c(C)c1O.Cl. The molecular weight excluding hydrogens is 414 g/mol. The normalized spacial score (nSPS) is 15.7. The number of anilines is 2. The van der Waals surface area contributed by atoms with E-state index in [9.17, 15) is 14.7 Å². The molecule has 0 saturated carbocycles. The van der Waals surface area contributed by atoms with Crippen LogP contribution in [0.4, 0.5) is 11.4 Å². The Morgan fingerprint density at radius 3 is 2.35 bits per heavy atom. The van der Waals surface area contributed by atoms with Crippen molar-refractivity contribution >= 4 is 35.6 Å². The number of nitrogen functional groups attached to an aromatic ring is 1. The van der Waals surface area contributed by atoms with Gasteiger partial charge in [0.25, 0.3) is 0 Å². The number of hydrogen-bond acceptors (Lipinski definition) is 4. The van der Waals surface area contributed by atoms with E-state index in [0.717, 1.165) is 22.3 Å². The molecule has 1 heterocycles. The summed E-state index contributed by atoms with van der Waals surface area (Å²) in [5, 5.41) is 13.2. The van der Waals surface area contributed by atoms with Crippen molar-refractivity contribution in [3.8, 4) is 5.75 Å². The summed E-state index contributed by atoms with van der Waals surface area (Å²) in [7, 11) is 0. The predicted octanol–water partition coefficient (Wildman–Crippen LogP) is 4.26. The number of phenolic OH excluding ortho intramolecular Hbond substituents is 1. The quantitative estimate of drug-likeness (QED) is 0.475. The van der Waals surface area contributed by atoms with Crippen LogP contribution < -0.4 is 11.1 Å². The third-order valence-electron chi connectivity index (χ3n) is 5.88. The van der Waals surface area contributed by atoms with E-state index >= 15 is 0 Å². The molecule has 1 atom stereocenters. The fraction of sp³-hybridized carbons (Fsp3) is 0.417. The van der Waals surface area contributed by atoms with Gasteiger partial charge in [-0.05, 0) is 66.8 Å². The zero-order valence-electron chi connectivity index (χ0n) is 19.0. The molecule has 168 valence electrons. The van der Waals surface area contributed by atoms with Gasteiger partial charge in [-0.3, -0.25) is 9.59 Å². The first kappa shape index (κ1) is 24.5. The third-order valence-corrected chi connectivity index (χ3v) is 5.88. The molecule has 0 bridgehead atoms. The van der Waals surface area contributed by atoms with E-state index < -0.39 is 11.5 Å². The highest BCUT2D eigenvalue weighted by Gasteiger charge is 2.39. The van der Waals surface area contributed by atoms with Crippen molar-refractivity contribution in [1.29, 1.82) is 0 Å². The summed E-state index contributed by atoms with van der Waals surface area (Å²) in [5.41, 5.74) is 10.9. The number of rotatable bonds is 2. The van der Waals surface area contributed by atoms with Crippen LogP contribution in [0.2, 0.25) is 0 Å². The Balaban J connectivity index is 0.00000341. The summed E-state index contributed by atoms with van der Waals surface area (Å²) in [6.07, 6.45) is 0.429. The van der Waals surface area contributed by atoms with E-state index in [0.29, 0.717) is 29.9 Å². The summed E-state index contributed by atoms with van der Waals surface area (Å²) in [5.74, 6) is -0.0765. The number of carbonyl (C=O) groups excluding carboxylic acids is 2. The highest BCUT2D eigenvalue weighted by atomic mass is 35.5. The van der Waals surface area contributed by atoms with Crippen LogP contribution in [0, 0.1) is 26.2 Å². The molecule has 0 radical (unpaired) electrons. The number of nitrogens with one attached hydrogen (secondary N) is 1. The number of halogens is 1. The summed E-state index contributed by atoms with van der Waals surface area (Å²) in [4.78, 5) is 28.2. The van der Waals surface area contributed by atoms with Gasteiger partial charge in [0.05, 0.1) is 0 Å². The number of aryl methyl sites for hydroxylation is 1. The van der Waals surface area contributed by atoms with Crippen LogP contribution in [-0.4, -0.2) is 27.9 Å². The lowest BCUT2D eigenvalue weighted by Gasteiger charge is -2.39. The monoisotopic (exact) mass is 445 g/mol. The van der Waals surface area contributed by atoms with Gasteiger partial charge in [0.15, 0.2) is 0 Å². The number of hydrogen-bond donors (Lipinski definition) is 3. The molecule has 0 aromatic heterocycles. The second-order valence-electron chi connectivity index (χ2n) is 9.26. The van der Waals surface area contributed by atoms with Crippen LogP contribution in [0.25, 0.3) is 0 Å². The van der Waals surface area contributed by atoms with Crippen molar-refractivity contribution in [3.63, 3.8) is 0 Å². The van der Waals surface area contributed by atoms with E-state index in [-0.39, 0.29) is 30.0 Å². The molecule has 2 aromatic carbocycles. The van der Waals surface area contributed by atoms with Gasteiger partial charge >= 0.3 is 0 Å². The van der Waals surface area contributed by atoms with Crippen molar-refractivity contribution in [1.82, 2.24) is 4.90 Å². The zero-order chi connectivity index (χ0) is 22.4. The summed E-state index contributed by atoms with van der Waals surface area (Å²) in [6.45, 7) is 11.4. The fourth-order valence-corrected chi connectivity index (χ4v) is 3.90. The maximum absolute atomic E-state index is 13.4. The van der Waals surface area contributed by atoms with Gasteiger partial charge in [0.2, 0.25) is 11.8 Å². The molecule has 1 aliphatic heterocycles. The number of nitrogens with zero attached hydrogens (tertiary/aromatic N) is 1. The average Bonchev–Trinajstić information content (AvgIpc) is 2.67. The van der Waals surface area contributed by atoms with Gasteiger partial charge in [-0.15, -0.1) is 12.4 Å². The molecule has 0 spiro atoms. The average molecular weight is 446 g/mol. The lowest BCUT2D eigenvalue weighted by Crippen LogP contribution is -2.53. The lowest BCUT2D eigenvalue weighted by molar-refractivity contribution is -0.146. The maximum Gasteiger partial charge on any atom is 0.247 e. The first-order valence-electron chi connectivity index (χ1n) is 10.2. The van der Waals surface area contributed by atoms with Gasteiger partial charge in [0, 0.05) is 29.8 Å². The highest BCUT2D eigenvalue weighted by molar-refractivity contribution is 5.99. The number of fused-ring (bicyclic) bond motifs is 1. The van der Waals surface area contributed by atoms with E-state index in [1.807, 2.05) is 52.8 Å². The molecule has 0 saturated heterocycles. The van der Waals surface area contributed by atoms with Gasteiger partial charge in [0.1, 0.15) is 11.8 Å². The van der Waals surface area contributed by atoms with Crippen LogP contribution in [0.3, 0.4) is 0 Å². The molecule has 1 aliphatic rings. The Labute approximate surface area is 190 Å². The van der Waals surface area contributed by atoms with Crippen molar-refractivity contribution in [2.75, 3.05) is 11.1 Å². The van der Waals surface area contributed by atoms with Crippen molar-refractivity contribution < 1.29 is 14.7 Å². The number of carbonyl (C=O) groups is 2. The third kappa shape index (κ3) is 4.79.